The van der Waals surface area contributed by atoms with Gasteiger partial charge in [0.2, 0.25) is 0 Å². The summed E-state index contributed by atoms with van der Waals surface area (Å²) < 4.78 is 5.50. The highest BCUT2D eigenvalue weighted by Gasteiger charge is 2.19. The Morgan fingerprint density at radius 2 is 1.81 bits per heavy atom. The van der Waals surface area contributed by atoms with Gasteiger partial charge in [-0.3, -0.25) is 4.90 Å². The van der Waals surface area contributed by atoms with E-state index in [0.717, 1.165) is 32.7 Å². The average molecular weight is 304 g/mol. The van der Waals surface area contributed by atoms with Gasteiger partial charge in [0, 0.05) is 19.1 Å². The zero-order valence-corrected chi connectivity index (χ0v) is 14.7. The molecule has 0 spiro atoms. The van der Waals surface area contributed by atoms with Crippen molar-refractivity contribution in [3.8, 4) is 0 Å². The summed E-state index contributed by atoms with van der Waals surface area (Å²) in [6, 6.07) is 11.4. The molecule has 1 fully saturated rings. The van der Waals surface area contributed by atoms with Gasteiger partial charge in [-0.25, -0.2) is 0 Å². The molecule has 1 aliphatic rings. The Bertz CT molecular complexity index is 432. The fraction of sp³-hybridized carbons (Fsp3) is 0.556. The summed E-state index contributed by atoms with van der Waals surface area (Å²) >= 11 is 0. The van der Waals surface area contributed by atoms with Gasteiger partial charge in [-0.2, -0.15) is 0 Å². The van der Waals surface area contributed by atoms with E-state index in [2.05, 4.69) is 66.6 Å². The Labute approximate surface area is 130 Å². The third-order valence-corrected chi connectivity index (χ3v) is 5.10. The van der Waals surface area contributed by atoms with Crippen LogP contribution in [-0.4, -0.2) is 45.3 Å². The summed E-state index contributed by atoms with van der Waals surface area (Å²) in [7, 11) is -1.13. The molecule has 1 unspecified atom stereocenters. The van der Waals surface area contributed by atoms with Crippen molar-refractivity contribution in [3.05, 3.63) is 47.7 Å². The molecule has 0 amide bonds. The van der Waals surface area contributed by atoms with Crippen molar-refractivity contribution in [2.45, 2.75) is 38.5 Å². The quantitative estimate of drug-likeness (QED) is 0.742. The normalized spacial score (nSPS) is 19.0. The minimum atomic E-state index is -1.13. The molecular formula is C18H29NOSi. The van der Waals surface area contributed by atoms with Crippen molar-refractivity contribution in [3.63, 3.8) is 0 Å². The van der Waals surface area contributed by atoms with E-state index in [1.54, 1.807) is 0 Å². The molecule has 1 aromatic carbocycles. The van der Waals surface area contributed by atoms with E-state index in [4.69, 9.17) is 4.74 Å². The largest absolute Gasteiger partial charge is 0.379 e. The SMILES string of the molecule is C[Si](C)(C)/C=C/C(CCc1ccccc1)N1CCOCC1. The molecule has 0 bridgehead atoms. The zero-order valence-electron chi connectivity index (χ0n) is 13.7. The smallest absolute Gasteiger partial charge is 0.0683 e. The number of nitrogens with zero attached hydrogens (tertiary/aromatic N) is 1. The Hall–Kier alpha value is -0.903. The molecule has 1 heterocycles. The number of benzene rings is 1. The van der Waals surface area contributed by atoms with E-state index < -0.39 is 8.07 Å². The molecule has 1 aromatic rings. The van der Waals surface area contributed by atoms with Crippen LogP contribution in [0.3, 0.4) is 0 Å². The molecule has 0 N–H and O–H groups in total. The van der Waals surface area contributed by atoms with E-state index in [1.165, 1.54) is 12.0 Å². The van der Waals surface area contributed by atoms with Crippen LogP contribution in [0.5, 0.6) is 0 Å². The highest BCUT2D eigenvalue weighted by molar-refractivity contribution is 6.80. The first kappa shape index (κ1) is 16.5. The summed E-state index contributed by atoms with van der Waals surface area (Å²) in [5.74, 6) is 0. The van der Waals surface area contributed by atoms with E-state index >= 15 is 0 Å². The molecule has 21 heavy (non-hydrogen) atoms. The van der Waals surface area contributed by atoms with Crippen molar-refractivity contribution in [1.82, 2.24) is 4.90 Å². The first-order valence-electron chi connectivity index (χ1n) is 8.10. The predicted octanol–water partition coefficient (Wildman–Crippen LogP) is 3.75. The maximum atomic E-state index is 5.50. The van der Waals surface area contributed by atoms with E-state index in [9.17, 15) is 0 Å². The van der Waals surface area contributed by atoms with E-state index in [1.807, 2.05) is 0 Å². The molecule has 1 saturated heterocycles. The van der Waals surface area contributed by atoms with Crippen LogP contribution in [0.25, 0.3) is 0 Å². The van der Waals surface area contributed by atoms with Crippen molar-refractivity contribution in [1.29, 1.82) is 0 Å². The Morgan fingerprint density at radius 3 is 2.43 bits per heavy atom. The van der Waals surface area contributed by atoms with Crippen LogP contribution in [0.2, 0.25) is 19.6 Å². The molecule has 0 aromatic heterocycles. The number of hydrogen-bond donors (Lipinski definition) is 0. The molecule has 0 saturated carbocycles. The molecule has 0 radical (unpaired) electrons. The Kier molecular flexibility index (Phi) is 6.21. The molecule has 2 nitrogen and oxygen atoms in total. The number of aryl methyl sites for hydroxylation is 1. The second kappa shape index (κ2) is 7.92. The topological polar surface area (TPSA) is 12.5 Å². The van der Waals surface area contributed by atoms with Crippen LogP contribution in [0, 0.1) is 0 Å². The Balaban J connectivity index is 1.98. The fourth-order valence-corrected chi connectivity index (χ4v) is 3.47. The summed E-state index contributed by atoms with van der Waals surface area (Å²) in [5.41, 5.74) is 3.94. The van der Waals surface area contributed by atoms with Crippen molar-refractivity contribution in [2.75, 3.05) is 26.3 Å². The van der Waals surface area contributed by atoms with Crippen LogP contribution in [-0.2, 0) is 11.2 Å². The summed E-state index contributed by atoms with van der Waals surface area (Å²) in [4.78, 5) is 2.59. The lowest BCUT2D eigenvalue weighted by atomic mass is 10.0. The number of rotatable bonds is 6. The van der Waals surface area contributed by atoms with Gasteiger partial charge in [0.25, 0.3) is 0 Å². The van der Waals surface area contributed by atoms with Crippen molar-refractivity contribution >= 4 is 8.07 Å². The molecule has 0 aliphatic carbocycles. The second-order valence-electron chi connectivity index (χ2n) is 6.97. The van der Waals surface area contributed by atoms with Crippen molar-refractivity contribution < 1.29 is 4.74 Å². The highest BCUT2D eigenvalue weighted by Crippen LogP contribution is 2.15. The van der Waals surface area contributed by atoms with Gasteiger partial charge in [0.1, 0.15) is 0 Å². The fourth-order valence-electron chi connectivity index (χ4n) is 2.67. The van der Waals surface area contributed by atoms with Gasteiger partial charge in [0.05, 0.1) is 21.3 Å². The first-order valence-corrected chi connectivity index (χ1v) is 11.7. The summed E-state index contributed by atoms with van der Waals surface area (Å²) in [6.45, 7) is 11.1. The zero-order chi connectivity index (χ0) is 15.1. The van der Waals surface area contributed by atoms with Crippen molar-refractivity contribution in [2.24, 2.45) is 0 Å². The van der Waals surface area contributed by atoms with Crippen LogP contribution in [0.15, 0.2) is 42.1 Å². The van der Waals surface area contributed by atoms with Crippen LogP contribution in [0.1, 0.15) is 12.0 Å². The van der Waals surface area contributed by atoms with Gasteiger partial charge in [0.15, 0.2) is 0 Å². The third-order valence-electron chi connectivity index (χ3n) is 3.90. The van der Waals surface area contributed by atoms with Gasteiger partial charge in [-0.1, -0.05) is 61.7 Å². The van der Waals surface area contributed by atoms with Gasteiger partial charge >= 0.3 is 0 Å². The molecule has 116 valence electrons. The first-order chi connectivity index (χ1) is 10.0. The Morgan fingerprint density at radius 1 is 1.14 bits per heavy atom. The standard InChI is InChI=1S/C18H29NOSi/c1-21(2,3)16-11-18(19-12-14-20-15-13-19)10-9-17-7-5-4-6-8-17/h4-8,11,16,18H,9-10,12-15H2,1-3H3/b16-11+. The monoisotopic (exact) mass is 303 g/mol. The average Bonchev–Trinajstić information content (AvgIpc) is 2.48. The second-order valence-corrected chi connectivity index (χ2v) is 12.0. The molecule has 1 aliphatic heterocycles. The van der Waals surface area contributed by atoms with E-state index in [-0.39, 0.29) is 0 Å². The minimum absolute atomic E-state index is 0.556. The van der Waals surface area contributed by atoms with E-state index in [0.29, 0.717) is 6.04 Å². The number of hydrogen-bond acceptors (Lipinski definition) is 2. The maximum absolute atomic E-state index is 5.50. The number of ether oxygens (including phenoxy) is 1. The van der Waals surface area contributed by atoms with Crippen LogP contribution >= 0.6 is 0 Å². The highest BCUT2D eigenvalue weighted by atomic mass is 28.3. The maximum Gasteiger partial charge on any atom is 0.0683 e. The van der Waals surface area contributed by atoms with Crippen LogP contribution in [0.4, 0.5) is 0 Å². The van der Waals surface area contributed by atoms with Crippen LogP contribution < -0.4 is 0 Å². The minimum Gasteiger partial charge on any atom is -0.379 e. The third kappa shape index (κ3) is 6.16. The lowest BCUT2D eigenvalue weighted by Crippen LogP contribution is -2.43. The molecular weight excluding hydrogens is 274 g/mol. The molecule has 1 atom stereocenters. The van der Waals surface area contributed by atoms with Gasteiger partial charge in [-0.05, 0) is 18.4 Å². The van der Waals surface area contributed by atoms with Gasteiger partial charge < -0.3 is 4.74 Å². The van der Waals surface area contributed by atoms with Gasteiger partial charge in [-0.15, -0.1) is 0 Å². The lowest BCUT2D eigenvalue weighted by molar-refractivity contribution is 0.0243. The predicted molar refractivity (Wildman–Crippen MR) is 93.4 cm³/mol. The summed E-state index contributed by atoms with van der Waals surface area (Å²) in [5, 5.41) is 0. The molecule has 3 heteroatoms. The molecule has 2 rings (SSSR count). The summed E-state index contributed by atoms with van der Waals surface area (Å²) in [6.07, 6.45) is 4.82. The number of morpholine rings is 1. The lowest BCUT2D eigenvalue weighted by Gasteiger charge is -2.33.